The summed E-state index contributed by atoms with van der Waals surface area (Å²) in [6.07, 6.45) is 2.21. The second kappa shape index (κ2) is 8.21. The molecule has 0 spiro atoms. The molecule has 0 aromatic carbocycles. The molecule has 2 N–H and O–H groups in total. The second-order valence-corrected chi connectivity index (χ2v) is 4.37. The summed E-state index contributed by atoms with van der Waals surface area (Å²) < 4.78 is 0. The highest BCUT2D eigenvalue weighted by atomic mass is 16.3. The predicted molar refractivity (Wildman–Crippen MR) is 61.5 cm³/mol. The second-order valence-electron chi connectivity index (χ2n) is 4.37. The Bertz CT molecular complexity index is 126. The van der Waals surface area contributed by atoms with Crippen molar-refractivity contribution < 1.29 is 5.11 Å². The largest absolute Gasteiger partial charge is 0.392 e. The fourth-order valence-electron chi connectivity index (χ4n) is 1.39. The normalized spacial score (nSPS) is 15.9. The van der Waals surface area contributed by atoms with Crippen LogP contribution >= 0.6 is 0 Å². The van der Waals surface area contributed by atoms with E-state index in [9.17, 15) is 0 Å². The Balaban J connectivity index is 3.48. The highest BCUT2D eigenvalue weighted by Gasteiger charge is 2.06. The number of nitrogens with zero attached hydrogens (tertiary/aromatic N) is 1. The average molecular weight is 202 g/mol. The number of aliphatic hydroxyl groups is 1. The predicted octanol–water partition coefficient (Wildman–Crippen LogP) is 0.935. The third-order valence-corrected chi connectivity index (χ3v) is 2.43. The molecule has 86 valence electrons. The molecule has 3 nitrogen and oxygen atoms in total. The van der Waals surface area contributed by atoms with E-state index in [0.29, 0.717) is 6.54 Å². The van der Waals surface area contributed by atoms with Crippen molar-refractivity contribution in [2.45, 2.75) is 32.8 Å². The maximum absolute atomic E-state index is 9.09. The van der Waals surface area contributed by atoms with Gasteiger partial charge in [-0.1, -0.05) is 13.3 Å². The first-order chi connectivity index (χ1) is 6.56. The molecule has 0 aromatic rings. The van der Waals surface area contributed by atoms with Gasteiger partial charge in [0.15, 0.2) is 0 Å². The lowest BCUT2D eigenvalue weighted by atomic mass is 10.0. The third kappa shape index (κ3) is 8.48. The van der Waals surface area contributed by atoms with Crippen LogP contribution in [0.2, 0.25) is 0 Å². The van der Waals surface area contributed by atoms with Gasteiger partial charge in [0.05, 0.1) is 6.10 Å². The van der Waals surface area contributed by atoms with Gasteiger partial charge >= 0.3 is 0 Å². The molecule has 0 bridgehead atoms. The lowest BCUT2D eigenvalue weighted by molar-refractivity contribution is 0.188. The minimum atomic E-state index is -0.235. The zero-order chi connectivity index (χ0) is 11.0. The molecule has 0 radical (unpaired) electrons. The van der Waals surface area contributed by atoms with Gasteiger partial charge in [0, 0.05) is 6.54 Å². The SMILES string of the molecule is CCC(CCN(C)C)CNCC(C)O. The van der Waals surface area contributed by atoms with Crippen LogP contribution in [0, 0.1) is 5.92 Å². The van der Waals surface area contributed by atoms with Crippen LogP contribution in [0.25, 0.3) is 0 Å². The van der Waals surface area contributed by atoms with Crippen molar-refractivity contribution in [2.75, 3.05) is 33.7 Å². The first kappa shape index (κ1) is 13.9. The highest BCUT2D eigenvalue weighted by Crippen LogP contribution is 2.06. The molecular formula is C11H26N2O. The Hall–Kier alpha value is -0.120. The van der Waals surface area contributed by atoms with E-state index in [2.05, 4.69) is 31.2 Å². The molecule has 0 aliphatic rings. The zero-order valence-electron chi connectivity index (χ0n) is 10.1. The standard InChI is InChI=1S/C11H26N2O/c1-5-11(6-7-13(3)4)9-12-8-10(2)14/h10-12,14H,5-9H2,1-4H3. The van der Waals surface area contributed by atoms with Gasteiger partial charge in [0.2, 0.25) is 0 Å². The summed E-state index contributed by atoms with van der Waals surface area (Å²) in [6.45, 7) is 6.92. The quantitative estimate of drug-likeness (QED) is 0.615. The van der Waals surface area contributed by atoms with E-state index in [4.69, 9.17) is 5.11 Å². The number of rotatable bonds is 8. The molecular weight excluding hydrogens is 176 g/mol. The van der Waals surface area contributed by atoms with Gasteiger partial charge in [0.25, 0.3) is 0 Å². The van der Waals surface area contributed by atoms with Crippen LogP contribution in [0.3, 0.4) is 0 Å². The summed E-state index contributed by atoms with van der Waals surface area (Å²) in [5, 5.41) is 12.4. The van der Waals surface area contributed by atoms with Crippen molar-refractivity contribution in [1.29, 1.82) is 0 Å². The average Bonchev–Trinajstić information content (AvgIpc) is 2.10. The Kier molecular flexibility index (Phi) is 8.14. The fraction of sp³-hybridized carbons (Fsp3) is 1.00. The summed E-state index contributed by atoms with van der Waals surface area (Å²) >= 11 is 0. The van der Waals surface area contributed by atoms with E-state index < -0.39 is 0 Å². The maximum atomic E-state index is 9.09. The van der Waals surface area contributed by atoms with Crippen molar-refractivity contribution in [2.24, 2.45) is 5.92 Å². The topological polar surface area (TPSA) is 35.5 Å². The molecule has 14 heavy (non-hydrogen) atoms. The summed E-state index contributed by atoms with van der Waals surface area (Å²) in [6, 6.07) is 0. The van der Waals surface area contributed by atoms with Gasteiger partial charge in [-0.05, 0) is 46.4 Å². The van der Waals surface area contributed by atoms with Crippen LogP contribution in [0.15, 0.2) is 0 Å². The lowest BCUT2D eigenvalue weighted by Crippen LogP contribution is -2.30. The summed E-state index contributed by atoms with van der Waals surface area (Å²) in [4.78, 5) is 2.22. The van der Waals surface area contributed by atoms with E-state index in [-0.39, 0.29) is 6.10 Å². The third-order valence-electron chi connectivity index (χ3n) is 2.43. The molecule has 0 saturated carbocycles. The number of aliphatic hydroxyl groups excluding tert-OH is 1. The molecule has 0 fully saturated rings. The summed E-state index contributed by atoms with van der Waals surface area (Å²) in [7, 11) is 4.21. The van der Waals surface area contributed by atoms with Gasteiger partial charge in [-0.15, -0.1) is 0 Å². The molecule has 0 aromatic heterocycles. The van der Waals surface area contributed by atoms with E-state index >= 15 is 0 Å². The molecule has 0 saturated heterocycles. The van der Waals surface area contributed by atoms with Crippen LogP contribution < -0.4 is 5.32 Å². The Morgan fingerprint density at radius 3 is 2.36 bits per heavy atom. The van der Waals surface area contributed by atoms with Crippen molar-refractivity contribution in [3.05, 3.63) is 0 Å². The van der Waals surface area contributed by atoms with Crippen LogP contribution in [0.5, 0.6) is 0 Å². The van der Waals surface area contributed by atoms with Crippen molar-refractivity contribution in [3.63, 3.8) is 0 Å². The monoisotopic (exact) mass is 202 g/mol. The van der Waals surface area contributed by atoms with Crippen LogP contribution in [-0.4, -0.2) is 49.8 Å². The van der Waals surface area contributed by atoms with E-state index in [1.165, 1.54) is 12.8 Å². The first-order valence-corrected chi connectivity index (χ1v) is 5.59. The van der Waals surface area contributed by atoms with Crippen molar-refractivity contribution >= 4 is 0 Å². The Morgan fingerprint density at radius 1 is 1.29 bits per heavy atom. The molecule has 0 amide bonds. The van der Waals surface area contributed by atoms with E-state index in [0.717, 1.165) is 19.0 Å². The van der Waals surface area contributed by atoms with Gasteiger partial charge in [-0.3, -0.25) is 0 Å². The van der Waals surface area contributed by atoms with E-state index in [1.807, 2.05) is 6.92 Å². The van der Waals surface area contributed by atoms with Crippen LogP contribution in [0.1, 0.15) is 26.7 Å². The maximum Gasteiger partial charge on any atom is 0.0636 e. The number of nitrogens with one attached hydrogen (secondary N) is 1. The molecule has 0 aliphatic carbocycles. The molecule has 0 aliphatic heterocycles. The Morgan fingerprint density at radius 2 is 1.93 bits per heavy atom. The minimum Gasteiger partial charge on any atom is -0.392 e. The van der Waals surface area contributed by atoms with Crippen LogP contribution in [-0.2, 0) is 0 Å². The number of hydrogen-bond donors (Lipinski definition) is 2. The molecule has 2 atom stereocenters. The van der Waals surface area contributed by atoms with E-state index in [1.54, 1.807) is 0 Å². The van der Waals surface area contributed by atoms with Gasteiger partial charge in [-0.25, -0.2) is 0 Å². The number of hydrogen-bond acceptors (Lipinski definition) is 3. The zero-order valence-corrected chi connectivity index (χ0v) is 10.1. The van der Waals surface area contributed by atoms with Crippen molar-refractivity contribution in [1.82, 2.24) is 10.2 Å². The lowest BCUT2D eigenvalue weighted by Gasteiger charge is -2.18. The first-order valence-electron chi connectivity index (χ1n) is 5.59. The molecule has 3 heteroatoms. The highest BCUT2D eigenvalue weighted by molar-refractivity contribution is 4.63. The molecule has 0 heterocycles. The van der Waals surface area contributed by atoms with Gasteiger partial charge in [0.1, 0.15) is 0 Å². The Labute approximate surface area is 88.5 Å². The fourth-order valence-corrected chi connectivity index (χ4v) is 1.39. The summed E-state index contributed by atoms with van der Waals surface area (Å²) in [5.74, 6) is 0.733. The summed E-state index contributed by atoms with van der Waals surface area (Å²) in [5.41, 5.74) is 0. The minimum absolute atomic E-state index is 0.235. The van der Waals surface area contributed by atoms with Crippen molar-refractivity contribution in [3.8, 4) is 0 Å². The molecule has 2 unspecified atom stereocenters. The van der Waals surface area contributed by atoms with Gasteiger partial charge < -0.3 is 15.3 Å². The molecule has 0 rings (SSSR count). The smallest absolute Gasteiger partial charge is 0.0636 e. The van der Waals surface area contributed by atoms with Gasteiger partial charge in [-0.2, -0.15) is 0 Å². The van der Waals surface area contributed by atoms with Crippen LogP contribution in [0.4, 0.5) is 0 Å².